The third kappa shape index (κ3) is 5.81. The van der Waals surface area contributed by atoms with Crippen molar-refractivity contribution in [3.63, 3.8) is 0 Å². The summed E-state index contributed by atoms with van der Waals surface area (Å²) in [6, 6.07) is 12.3. The Morgan fingerprint density at radius 2 is 1.69 bits per heavy atom. The van der Waals surface area contributed by atoms with Gasteiger partial charge in [-0.15, -0.1) is 0 Å². The molecule has 0 aliphatic heterocycles. The predicted molar refractivity (Wildman–Crippen MR) is 115 cm³/mol. The minimum Gasteiger partial charge on any atom is -0.495 e. The Bertz CT molecular complexity index is 951. The Kier molecular flexibility index (Phi) is 7.43. The van der Waals surface area contributed by atoms with Gasteiger partial charge in [0.05, 0.1) is 7.11 Å². The average Bonchev–Trinajstić information content (AvgIpc) is 2.66. The molecule has 0 aliphatic carbocycles. The molecule has 0 radical (unpaired) electrons. The maximum atomic E-state index is 12.9. The fraction of sp³-hybridized carbons (Fsp3) is 0.409. The molecule has 0 fully saturated rings. The lowest BCUT2D eigenvalue weighted by molar-refractivity contribution is 0.0785. The van der Waals surface area contributed by atoms with E-state index in [9.17, 15) is 13.2 Å². The van der Waals surface area contributed by atoms with Crippen LogP contribution < -0.4 is 9.46 Å². The van der Waals surface area contributed by atoms with Crippen LogP contribution in [0.2, 0.25) is 0 Å². The lowest BCUT2D eigenvalue weighted by Crippen LogP contribution is -2.31. The molecule has 158 valence electrons. The van der Waals surface area contributed by atoms with E-state index in [4.69, 9.17) is 4.74 Å². The largest absolute Gasteiger partial charge is 0.495 e. The molecule has 0 saturated carbocycles. The first-order chi connectivity index (χ1) is 13.5. The summed E-state index contributed by atoms with van der Waals surface area (Å²) < 4.78 is 33.0. The summed E-state index contributed by atoms with van der Waals surface area (Å²) in [5, 5.41) is 0. The molecule has 29 heavy (non-hydrogen) atoms. The van der Waals surface area contributed by atoms with Crippen LogP contribution in [0.25, 0.3) is 0 Å². The fourth-order valence-corrected chi connectivity index (χ4v) is 4.41. The zero-order chi connectivity index (χ0) is 21.8. The molecule has 7 heteroatoms. The van der Waals surface area contributed by atoms with E-state index >= 15 is 0 Å². The Labute approximate surface area is 173 Å². The second-order valence-corrected chi connectivity index (χ2v) is 9.38. The molecule has 0 spiro atoms. The van der Waals surface area contributed by atoms with Crippen molar-refractivity contribution in [2.24, 2.45) is 0 Å². The van der Waals surface area contributed by atoms with Gasteiger partial charge in [0.25, 0.3) is 5.91 Å². The van der Waals surface area contributed by atoms with Gasteiger partial charge >= 0.3 is 0 Å². The first-order valence-corrected chi connectivity index (χ1v) is 11.1. The highest BCUT2D eigenvalue weighted by Gasteiger charge is 2.23. The molecule has 0 saturated heterocycles. The molecule has 6 nitrogen and oxygen atoms in total. The molecule has 1 amide bonds. The van der Waals surface area contributed by atoms with Crippen molar-refractivity contribution < 1.29 is 17.9 Å². The van der Waals surface area contributed by atoms with Gasteiger partial charge in [0.2, 0.25) is 10.0 Å². The van der Waals surface area contributed by atoms with E-state index in [1.54, 1.807) is 31.9 Å². The summed E-state index contributed by atoms with van der Waals surface area (Å²) in [6.07, 6.45) is 0. The van der Waals surface area contributed by atoms with Crippen LogP contribution in [-0.2, 0) is 16.6 Å². The van der Waals surface area contributed by atoms with Crippen LogP contribution in [0.3, 0.4) is 0 Å². The molecule has 2 aromatic rings. The minimum atomic E-state index is -3.80. The van der Waals surface area contributed by atoms with Crippen LogP contribution in [0, 0.1) is 0 Å². The SMILES string of the molecule is COc1ccc(C(=O)N(C)Cc2ccc(C(C)C)cc2)cc1S(=O)(=O)NC(C)C. The summed E-state index contributed by atoms with van der Waals surface area (Å²) in [6.45, 7) is 8.16. The van der Waals surface area contributed by atoms with Crippen molar-refractivity contribution in [3.05, 3.63) is 59.2 Å². The topological polar surface area (TPSA) is 75.7 Å². The number of rotatable bonds is 8. The van der Waals surface area contributed by atoms with Crippen molar-refractivity contribution in [2.75, 3.05) is 14.2 Å². The van der Waals surface area contributed by atoms with E-state index in [0.717, 1.165) is 5.56 Å². The summed E-state index contributed by atoms with van der Waals surface area (Å²) >= 11 is 0. The number of methoxy groups -OCH3 is 1. The first kappa shape index (κ1) is 22.9. The van der Waals surface area contributed by atoms with Gasteiger partial charge in [-0.3, -0.25) is 4.79 Å². The summed E-state index contributed by atoms with van der Waals surface area (Å²) in [5.74, 6) is 0.380. The highest BCUT2D eigenvalue weighted by molar-refractivity contribution is 7.89. The monoisotopic (exact) mass is 418 g/mol. The zero-order valence-corrected chi connectivity index (χ0v) is 18.7. The third-order valence-corrected chi connectivity index (χ3v) is 6.18. The number of sulfonamides is 1. The third-order valence-electron chi connectivity index (χ3n) is 4.50. The standard InChI is InChI=1S/C22H30N2O4S/c1-15(2)18-9-7-17(8-10-18)14-24(5)22(25)19-11-12-20(28-6)21(13-19)29(26,27)23-16(3)4/h7-13,15-16,23H,14H2,1-6H3. The van der Waals surface area contributed by atoms with E-state index < -0.39 is 10.0 Å². The number of nitrogens with one attached hydrogen (secondary N) is 1. The van der Waals surface area contributed by atoms with E-state index in [2.05, 4.69) is 30.7 Å². The number of ether oxygens (including phenoxy) is 1. The summed E-state index contributed by atoms with van der Waals surface area (Å²) in [4.78, 5) is 14.4. The smallest absolute Gasteiger partial charge is 0.253 e. The second-order valence-electron chi connectivity index (χ2n) is 7.70. The molecule has 0 aliphatic rings. The molecular formula is C22H30N2O4S. The van der Waals surface area contributed by atoms with Gasteiger partial charge < -0.3 is 9.64 Å². The Balaban J connectivity index is 2.26. The number of carbonyl (C=O) groups excluding carboxylic acids is 1. The second kappa shape index (κ2) is 9.41. The van der Waals surface area contributed by atoms with Crippen molar-refractivity contribution >= 4 is 15.9 Å². The number of hydrogen-bond donors (Lipinski definition) is 1. The van der Waals surface area contributed by atoms with Crippen LogP contribution in [-0.4, -0.2) is 39.4 Å². The number of amides is 1. The lowest BCUT2D eigenvalue weighted by Gasteiger charge is -2.19. The molecular weight excluding hydrogens is 388 g/mol. The number of benzene rings is 2. The molecule has 2 rings (SSSR count). The lowest BCUT2D eigenvalue weighted by atomic mass is 10.0. The van der Waals surface area contributed by atoms with Gasteiger partial charge in [0, 0.05) is 25.2 Å². The van der Waals surface area contributed by atoms with Crippen molar-refractivity contribution in [3.8, 4) is 5.75 Å². The van der Waals surface area contributed by atoms with Crippen molar-refractivity contribution in [1.82, 2.24) is 9.62 Å². The van der Waals surface area contributed by atoms with Crippen LogP contribution in [0.5, 0.6) is 5.75 Å². The van der Waals surface area contributed by atoms with E-state index in [-0.39, 0.29) is 28.2 Å². The Morgan fingerprint density at radius 3 is 2.21 bits per heavy atom. The molecule has 1 N–H and O–H groups in total. The molecule has 0 heterocycles. The fourth-order valence-electron chi connectivity index (χ4n) is 2.97. The van der Waals surface area contributed by atoms with Gasteiger partial charge in [-0.05, 0) is 49.1 Å². The van der Waals surface area contributed by atoms with Gasteiger partial charge in [-0.1, -0.05) is 38.1 Å². The van der Waals surface area contributed by atoms with E-state index in [1.807, 2.05) is 12.1 Å². The minimum absolute atomic E-state index is 0.0470. The first-order valence-electron chi connectivity index (χ1n) is 9.59. The molecule has 0 bridgehead atoms. The van der Waals surface area contributed by atoms with E-state index in [1.165, 1.54) is 24.8 Å². The molecule has 0 unspecified atom stereocenters. The Morgan fingerprint density at radius 1 is 1.07 bits per heavy atom. The Hall–Kier alpha value is -2.38. The summed E-state index contributed by atoms with van der Waals surface area (Å²) in [5.41, 5.74) is 2.54. The quantitative estimate of drug-likeness (QED) is 0.708. The highest BCUT2D eigenvalue weighted by atomic mass is 32.2. The number of hydrogen-bond acceptors (Lipinski definition) is 4. The van der Waals surface area contributed by atoms with Gasteiger partial charge in [-0.2, -0.15) is 0 Å². The van der Waals surface area contributed by atoms with Crippen LogP contribution in [0.15, 0.2) is 47.4 Å². The van der Waals surface area contributed by atoms with Gasteiger partial charge in [0.15, 0.2) is 0 Å². The van der Waals surface area contributed by atoms with Crippen molar-refractivity contribution in [2.45, 2.75) is 51.1 Å². The number of carbonyl (C=O) groups is 1. The van der Waals surface area contributed by atoms with Crippen molar-refractivity contribution in [1.29, 1.82) is 0 Å². The van der Waals surface area contributed by atoms with Gasteiger partial charge in [0.1, 0.15) is 10.6 Å². The normalized spacial score (nSPS) is 11.7. The van der Waals surface area contributed by atoms with E-state index in [0.29, 0.717) is 12.5 Å². The summed E-state index contributed by atoms with van der Waals surface area (Å²) in [7, 11) is -0.703. The number of nitrogens with zero attached hydrogens (tertiary/aromatic N) is 1. The molecule has 0 atom stereocenters. The predicted octanol–water partition coefficient (Wildman–Crippen LogP) is 3.78. The van der Waals surface area contributed by atoms with Gasteiger partial charge in [-0.25, -0.2) is 13.1 Å². The van der Waals surface area contributed by atoms with Crippen LogP contribution >= 0.6 is 0 Å². The zero-order valence-electron chi connectivity index (χ0n) is 17.9. The average molecular weight is 419 g/mol. The maximum absolute atomic E-state index is 12.9. The molecule has 2 aromatic carbocycles. The highest BCUT2D eigenvalue weighted by Crippen LogP contribution is 2.26. The van der Waals surface area contributed by atoms with Crippen LogP contribution in [0.1, 0.15) is 55.1 Å². The maximum Gasteiger partial charge on any atom is 0.253 e. The molecule has 0 aromatic heterocycles. The van der Waals surface area contributed by atoms with Crippen LogP contribution in [0.4, 0.5) is 0 Å².